The molecule has 2 aromatic carbocycles. The third-order valence-electron chi connectivity index (χ3n) is 4.76. The van der Waals surface area contributed by atoms with Gasteiger partial charge in [0.25, 0.3) is 0 Å². The number of rotatable bonds is 10. The van der Waals surface area contributed by atoms with Crippen LogP contribution in [0.5, 0.6) is 23.0 Å². The first-order valence-electron chi connectivity index (χ1n) is 9.79. The molecule has 0 saturated heterocycles. The second kappa shape index (κ2) is 10.0. The zero-order valence-electron chi connectivity index (χ0n) is 18.4. The number of allylic oxidation sites excluding steroid dienone is 1. The maximum Gasteiger partial charge on any atom is 0.205 e. The molecule has 7 nitrogen and oxygen atoms in total. The molecule has 0 spiro atoms. The zero-order chi connectivity index (χ0) is 22.4. The molecule has 0 bridgehead atoms. The van der Waals surface area contributed by atoms with Crippen molar-refractivity contribution in [1.29, 1.82) is 0 Å². The lowest BCUT2D eigenvalue weighted by Crippen LogP contribution is -2.20. The summed E-state index contributed by atoms with van der Waals surface area (Å²) in [6, 6.07) is 9.15. The number of fused-ring (bicyclic) bond motifs is 1. The number of likely N-dealkylation sites (N-methyl/N-ethyl adjacent to an activating group) is 1. The Morgan fingerprint density at radius 1 is 0.968 bits per heavy atom. The van der Waals surface area contributed by atoms with Gasteiger partial charge in [-0.2, -0.15) is 0 Å². The number of carbonyl (C=O) groups excluding carboxylic acids is 1. The van der Waals surface area contributed by atoms with E-state index in [1.807, 2.05) is 43.3 Å². The van der Waals surface area contributed by atoms with Gasteiger partial charge in [0.15, 0.2) is 17.1 Å². The lowest BCUT2D eigenvalue weighted by molar-refractivity contribution is 0.104. The molecule has 0 radical (unpaired) electrons. The minimum atomic E-state index is -0.270. The minimum Gasteiger partial charge on any atom is -0.497 e. The Morgan fingerprint density at radius 2 is 1.68 bits per heavy atom. The third kappa shape index (κ3) is 4.83. The van der Waals surface area contributed by atoms with Crippen molar-refractivity contribution in [3.63, 3.8) is 0 Å². The van der Waals surface area contributed by atoms with Crippen molar-refractivity contribution in [2.24, 2.45) is 0 Å². The Balaban J connectivity index is 2.06. The number of hydrogen-bond donors (Lipinski definition) is 0. The van der Waals surface area contributed by atoms with Crippen molar-refractivity contribution in [1.82, 2.24) is 4.90 Å². The number of methoxy groups -OCH3 is 3. The highest BCUT2D eigenvalue weighted by molar-refractivity contribution is 6.15. The molecule has 0 aliphatic rings. The summed E-state index contributed by atoms with van der Waals surface area (Å²) in [5.41, 5.74) is 1.62. The molecule has 3 rings (SSSR count). The standard InChI is InChI=1S/C24H27NO6/c1-25(2)13-15-31-23-20(19(26)11-8-16-6-9-17(27-3)10-7-16)21(28-4)18-12-14-30-22(18)24(23)29-5/h6-12,14H,13,15H2,1-5H3. The van der Waals surface area contributed by atoms with Crippen molar-refractivity contribution in [2.75, 3.05) is 48.6 Å². The summed E-state index contributed by atoms with van der Waals surface area (Å²) in [7, 11) is 8.53. The fourth-order valence-corrected chi connectivity index (χ4v) is 3.18. The molecular formula is C24H27NO6. The Morgan fingerprint density at radius 3 is 2.29 bits per heavy atom. The summed E-state index contributed by atoms with van der Waals surface area (Å²) in [5, 5.41) is 0.639. The van der Waals surface area contributed by atoms with E-state index in [4.69, 9.17) is 23.4 Å². The van der Waals surface area contributed by atoms with E-state index in [-0.39, 0.29) is 11.3 Å². The van der Waals surface area contributed by atoms with Crippen molar-refractivity contribution < 1.29 is 28.2 Å². The van der Waals surface area contributed by atoms with Gasteiger partial charge in [0.05, 0.1) is 33.0 Å². The van der Waals surface area contributed by atoms with Crippen LogP contribution in [0.4, 0.5) is 0 Å². The van der Waals surface area contributed by atoms with Crippen molar-refractivity contribution in [2.45, 2.75) is 0 Å². The van der Waals surface area contributed by atoms with Crippen molar-refractivity contribution in [3.05, 3.63) is 53.8 Å². The number of nitrogens with zero attached hydrogens (tertiary/aromatic N) is 1. The molecule has 3 aromatic rings. The molecule has 0 aliphatic carbocycles. The van der Waals surface area contributed by atoms with Gasteiger partial charge in [-0.3, -0.25) is 4.79 Å². The van der Waals surface area contributed by atoms with Crippen molar-refractivity contribution >= 4 is 22.8 Å². The summed E-state index contributed by atoms with van der Waals surface area (Å²) in [5.74, 6) is 1.52. The minimum absolute atomic E-state index is 0.270. The molecule has 0 saturated carbocycles. The SMILES string of the molecule is COc1ccc(C=CC(=O)c2c(OCCN(C)C)c(OC)c3occc3c2OC)cc1. The predicted octanol–water partition coefficient (Wildman–Crippen LogP) is 4.30. The van der Waals surface area contributed by atoms with Crippen LogP contribution in [0.1, 0.15) is 15.9 Å². The van der Waals surface area contributed by atoms with Crippen LogP contribution < -0.4 is 18.9 Å². The lowest BCUT2D eigenvalue weighted by atomic mass is 10.0. The van der Waals surface area contributed by atoms with Crippen LogP contribution in [0.15, 0.2) is 47.1 Å². The molecule has 0 aliphatic heterocycles. The highest BCUT2D eigenvalue weighted by Gasteiger charge is 2.28. The number of benzene rings is 2. The average molecular weight is 425 g/mol. The highest BCUT2D eigenvalue weighted by atomic mass is 16.5. The van der Waals surface area contributed by atoms with Crippen LogP contribution in [0, 0.1) is 0 Å². The number of ether oxygens (including phenoxy) is 4. The van der Waals surface area contributed by atoms with Crippen LogP contribution in [-0.2, 0) is 0 Å². The fourth-order valence-electron chi connectivity index (χ4n) is 3.18. The molecule has 31 heavy (non-hydrogen) atoms. The van der Waals surface area contributed by atoms with Crippen LogP contribution in [-0.4, -0.2) is 59.3 Å². The number of hydrogen-bond acceptors (Lipinski definition) is 7. The predicted molar refractivity (Wildman–Crippen MR) is 120 cm³/mol. The first kappa shape index (κ1) is 22.2. The van der Waals surface area contributed by atoms with Gasteiger partial charge in [-0.05, 0) is 43.9 Å². The Bertz CT molecular complexity index is 1070. The van der Waals surface area contributed by atoms with Crippen LogP contribution in [0.25, 0.3) is 17.0 Å². The van der Waals surface area contributed by atoms with Gasteiger partial charge < -0.3 is 28.3 Å². The first-order chi connectivity index (χ1) is 15.0. The summed E-state index contributed by atoms with van der Waals surface area (Å²) >= 11 is 0. The van der Waals surface area contributed by atoms with Gasteiger partial charge in [-0.1, -0.05) is 18.2 Å². The quantitative estimate of drug-likeness (QED) is 0.354. The van der Waals surface area contributed by atoms with E-state index < -0.39 is 0 Å². The van der Waals surface area contributed by atoms with Crippen LogP contribution in [0.3, 0.4) is 0 Å². The van der Waals surface area contributed by atoms with E-state index in [1.165, 1.54) is 26.6 Å². The van der Waals surface area contributed by atoms with E-state index in [9.17, 15) is 4.79 Å². The monoisotopic (exact) mass is 425 g/mol. The molecule has 0 fully saturated rings. The summed E-state index contributed by atoms with van der Waals surface area (Å²) in [6.07, 6.45) is 4.75. The molecule has 0 atom stereocenters. The molecule has 0 unspecified atom stereocenters. The smallest absolute Gasteiger partial charge is 0.205 e. The van der Waals surface area contributed by atoms with E-state index in [1.54, 1.807) is 19.3 Å². The largest absolute Gasteiger partial charge is 0.497 e. The van der Waals surface area contributed by atoms with Gasteiger partial charge in [0, 0.05) is 6.54 Å². The normalized spacial score (nSPS) is 11.3. The third-order valence-corrected chi connectivity index (χ3v) is 4.76. The molecule has 164 valence electrons. The van der Waals surface area contributed by atoms with Crippen molar-refractivity contribution in [3.8, 4) is 23.0 Å². The van der Waals surface area contributed by atoms with E-state index in [0.29, 0.717) is 41.4 Å². The zero-order valence-corrected chi connectivity index (χ0v) is 18.4. The fraction of sp³-hybridized carbons (Fsp3) is 0.292. The molecule has 7 heteroatoms. The lowest BCUT2D eigenvalue weighted by Gasteiger charge is -2.18. The number of furan rings is 1. The molecule has 1 heterocycles. The first-order valence-corrected chi connectivity index (χ1v) is 9.79. The van der Waals surface area contributed by atoms with Gasteiger partial charge >= 0.3 is 0 Å². The van der Waals surface area contributed by atoms with E-state index in [0.717, 1.165) is 11.3 Å². The van der Waals surface area contributed by atoms with Gasteiger partial charge in [0.2, 0.25) is 5.75 Å². The maximum absolute atomic E-state index is 13.3. The second-order valence-electron chi connectivity index (χ2n) is 7.06. The van der Waals surface area contributed by atoms with Gasteiger partial charge in [0.1, 0.15) is 23.7 Å². The van der Waals surface area contributed by atoms with E-state index >= 15 is 0 Å². The Labute approximate surface area is 181 Å². The van der Waals surface area contributed by atoms with Crippen LogP contribution >= 0.6 is 0 Å². The molecule has 0 N–H and O–H groups in total. The Hall–Kier alpha value is -3.45. The van der Waals surface area contributed by atoms with E-state index in [2.05, 4.69) is 0 Å². The second-order valence-corrected chi connectivity index (χ2v) is 7.06. The van der Waals surface area contributed by atoms with Crippen LogP contribution in [0.2, 0.25) is 0 Å². The average Bonchev–Trinajstić information content (AvgIpc) is 3.26. The molecular weight excluding hydrogens is 398 g/mol. The Kier molecular flexibility index (Phi) is 7.20. The maximum atomic E-state index is 13.3. The summed E-state index contributed by atoms with van der Waals surface area (Å²) in [6.45, 7) is 1.03. The topological polar surface area (TPSA) is 70.4 Å². The number of carbonyl (C=O) groups is 1. The molecule has 1 aromatic heterocycles. The summed E-state index contributed by atoms with van der Waals surface area (Å²) < 4.78 is 28.0. The molecule has 0 amide bonds. The number of ketones is 1. The van der Waals surface area contributed by atoms with Gasteiger partial charge in [-0.25, -0.2) is 0 Å². The summed E-state index contributed by atoms with van der Waals surface area (Å²) in [4.78, 5) is 15.3. The van der Waals surface area contributed by atoms with Gasteiger partial charge in [-0.15, -0.1) is 0 Å². The highest BCUT2D eigenvalue weighted by Crippen LogP contribution is 2.46.